The monoisotopic (exact) mass is 579 g/mol. The second kappa shape index (κ2) is 17.4. The fourth-order valence-corrected chi connectivity index (χ4v) is 6.58. The Bertz CT molecular complexity index is 1070. The topological polar surface area (TPSA) is 40.5 Å². The molecule has 1 atom stereocenters. The molecule has 0 aliphatic heterocycles. The van der Waals surface area contributed by atoms with Crippen LogP contribution in [0.3, 0.4) is 0 Å². The molecule has 42 heavy (non-hydrogen) atoms. The van der Waals surface area contributed by atoms with Crippen LogP contribution in [0.15, 0.2) is 24.3 Å². The van der Waals surface area contributed by atoms with E-state index < -0.39 is 0 Å². The van der Waals surface area contributed by atoms with E-state index in [0.29, 0.717) is 17.4 Å². The predicted molar refractivity (Wildman–Crippen MR) is 184 cm³/mol. The van der Waals surface area contributed by atoms with Gasteiger partial charge < -0.3 is 10.2 Å². The number of phenolic OH excluding ortho intramolecular Hbond substituents is 2. The molecule has 2 aromatic carbocycles. The summed E-state index contributed by atoms with van der Waals surface area (Å²) in [4.78, 5) is 0. The lowest BCUT2D eigenvalue weighted by molar-refractivity contribution is 0.442. The SMILES string of the molecule is CCCCCCCCCCCCCCC(CCCc1cc(C(C)(C)C)c(O)cc1C)c1cc(C(C)(C)C)c(O)cc1C. The first-order valence-corrected chi connectivity index (χ1v) is 17.4. The third-order valence-corrected chi connectivity index (χ3v) is 9.30. The molecule has 0 spiro atoms. The number of unbranched alkanes of at least 4 members (excludes halogenated alkanes) is 11. The van der Waals surface area contributed by atoms with Crippen molar-refractivity contribution in [3.63, 3.8) is 0 Å². The number of benzene rings is 2. The lowest BCUT2D eigenvalue weighted by Crippen LogP contribution is -2.14. The third kappa shape index (κ3) is 12.0. The summed E-state index contributed by atoms with van der Waals surface area (Å²) in [7, 11) is 0. The van der Waals surface area contributed by atoms with Crippen molar-refractivity contribution in [2.24, 2.45) is 0 Å². The fraction of sp³-hybridized carbons (Fsp3) is 0.700. The van der Waals surface area contributed by atoms with Gasteiger partial charge in [-0.2, -0.15) is 0 Å². The van der Waals surface area contributed by atoms with E-state index in [1.807, 2.05) is 12.1 Å². The average molecular weight is 579 g/mol. The van der Waals surface area contributed by atoms with Crippen molar-refractivity contribution in [2.75, 3.05) is 0 Å². The smallest absolute Gasteiger partial charge is 0.119 e. The van der Waals surface area contributed by atoms with Gasteiger partial charge in [-0.3, -0.25) is 0 Å². The van der Waals surface area contributed by atoms with Crippen LogP contribution in [-0.2, 0) is 17.3 Å². The molecule has 0 aliphatic carbocycles. The molecule has 0 heterocycles. The Morgan fingerprint density at radius 2 is 0.976 bits per heavy atom. The Balaban J connectivity index is 2.03. The summed E-state index contributed by atoms with van der Waals surface area (Å²) in [6.07, 6.45) is 21.1. The van der Waals surface area contributed by atoms with Gasteiger partial charge in [0.15, 0.2) is 0 Å². The lowest BCUT2D eigenvalue weighted by atomic mass is 9.79. The highest BCUT2D eigenvalue weighted by atomic mass is 16.3. The van der Waals surface area contributed by atoms with Crippen LogP contribution in [0, 0.1) is 13.8 Å². The van der Waals surface area contributed by atoms with Crippen LogP contribution in [0.2, 0.25) is 0 Å². The Labute approximate surface area is 260 Å². The molecule has 0 fully saturated rings. The molecule has 0 saturated heterocycles. The maximum atomic E-state index is 10.8. The molecule has 0 saturated carbocycles. The molecule has 0 aromatic heterocycles. The Morgan fingerprint density at radius 3 is 1.48 bits per heavy atom. The van der Waals surface area contributed by atoms with Crippen molar-refractivity contribution in [3.8, 4) is 11.5 Å². The molecule has 1 unspecified atom stereocenters. The van der Waals surface area contributed by atoms with Crippen molar-refractivity contribution in [1.82, 2.24) is 0 Å². The summed E-state index contributed by atoms with van der Waals surface area (Å²) in [5.74, 6) is 1.36. The second-order valence-corrected chi connectivity index (χ2v) is 15.3. The minimum Gasteiger partial charge on any atom is -0.508 e. The number of hydrogen-bond donors (Lipinski definition) is 2. The number of aromatic hydroxyl groups is 2. The van der Waals surface area contributed by atoms with Crippen molar-refractivity contribution in [3.05, 3.63) is 57.6 Å². The average Bonchev–Trinajstić information content (AvgIpc) is 2.88. The summed E-state index contributed by atoms with van der Waals surface area (Å²) in [5, 5.41) is 21.3. The molecule has 2 N–H and O–H groups in total. The van der Waals surface area contributed by atoms with Gasteiger partial charge >= 0.3 is 0 Å². The fourth-order valence-electron chi connectivity index (χ4n) is 6.58. The van der Waals surface area contributed by atoms with Crippen LogP contribution in [0.1, 0.15) is 184 Å². The van der Waals surface area contributed by atoms with Crippen LogP contribution in [0.25, 0.3) is 0 Å². The summed E-state index contributed by atoms with van der Waals surface area (Å²) < 4.78 is 0. The van der Waals surface area contributed by atoms with Crippen molar-refractivity contribution >= 4 is 0 Å². The van der Waals surface area contributed by atoms with Crippen LogP contribution >= 0.6 is 0 Å². The van der Waals surface area contributed by atoms with Gasteiger partial charge in [0, 0.05) is 0 Å². The molecule has 0 bridgehead atoms. The standard InChI is InChI=1S/C40H66O2/c1-10-11-12-13-14-15-16-17-18-19-20-21-23-32(34-29-36(40(7,8)9)38(42)27-31(34)3)24-22-25-33-28-35(39(4,5)6)37(41)26-30(33)2/h26-29,32,41-42H,10-25H2,1-9H3. The Hall–Kier alpha value is -1.96. The van der Waals surface area contributed by atoms with Crippen LogP contribution in [0.5, 0.6) is 11.5 Å². The van der Waals surface area contributed by atoms with E-state index in [1.165, 1.54) is 106 Å². The van der Waals surface area contributed by atoms with Crippen molar-refractivity contribution < 1.29 is 10.2 Å². The van der Waals surface area contributed by atoms with Gasteiger partial charge in [0.05, 0.1) is 0 Å². The molecule has 2 aromatic rings. The molecule has 238 valence electrons. The highest BCUT2D eigenvalue weighted by Gasteiger charge is 2.23. The first-order valence-electron chi connectivity index (χ1n) is 17.4. The van der Waals surface area contributed by atoms with E-state index in [4.69, 9.17) is 0 Å². The van der Waals surface area contributed by atoms with E-state index in [-0.39, 0.29) is 10.8 Å². The summed E-state index contributed by atoms with van der Waals surface area (Å²) in [6, 6.07) is 8.53. The van der Waals surface area contributed by atoms with Gasteiger partial charge in [-0.25, -0.2) is 0 Å². The van der Waals surface area contributed by atoms with E-state index >= 15 is 0 Å². The van der Waals surface area contributed by atoms with Crippen LogP contribution in [-0.4, -0.2) is 10.2 Å². The van der Waals surface area contributed by atoms with Gasteiger partial charge in [0.25, 0.3) is 0 Å². The third-order valence-electron chi connectivity index (χ3n) is 9.30. The molecular formula is C40H66O2. The number of aryl methyl sites for hydroxylation is 3. The first-order chi connectivity index (χ1) is 19.8. The lowest BCUT2D eigenvalue weighted by Gasteiger charge is -2.26. The van der Waals surface area contributed by atoms with Gasteiger partial charge in [-0.1, -0.05) is 138 Å². The molecule has 2 rings (SSSR count). The molecule has 2 heteroatoms. The van der Waals surface area contributed by atoms with Gasteiger partial charge in [-0.15, -0.1) is 0 Å². The number of hydrogen-bond acceptors (Lipinski definition) is 2. The predicted octanol–water partition coefficient (Wildman–Crippen LogP) is 12.5. The maximum Gasteiger partial charge on any atom is 0.119 e. The molecule has 0 radical (unpaired) electrons. The number of phenols is 2. The highest BCUT2D eigenvalue weighted by Crippen LogP contribution is 2.39. The number of rotatable bonds is 18. The van der Waals surface area contributed by atoms with Gasteiger partial charge in [-0.05, 0) is 102 Å². The van der Waals surface area contributed by atoms with Gasteiger partial charge in [0.2, 0.25) is 0 Å². The maximum absolute atomic E-state index is 10.8. The molecular weight excluding hydrogens is 512 g/mol. The first kappa shape index (κ1) is 36.2. The molecule has 0 amide bonds. The minimum atomic E-state index is -0.0837. The summed E-state index contributed by atoms with van der Waals surface area (Å²) >= 11 is 0. The Morgan fingerprint density at radius 1 is 0.548 bits per heavy atom. The van der Waals surface area contributed by atoms with E-state index in [1.54, 1.807) is 0 Å². The largest absolute Gasteiger partial charge is 0.508 e. The van der Waals surface area contributed by atoms with E-state index in [0.717, 1.165) is 30.4 Å². The van der Waals surface area contributed by atoms with Crippen molar-refractivity contribution in [1.29, 1.82) is 0 Å². The molecule has 2 nitrogen and oxygen atoms in total. The molecule has 0 aliphatic rings. The van der Waals surface area contributed by atoms with Crippen LogP contribution < -0.4 is 0 Å². The second-order valence-electron chi connectivity index (χ2n) is 15.3. The zero-order valence-corrected chi connectivity index (χ0v) is 29.1. The van der Waals surface area contributed by atoms with Crippen LogP contribution in [0.4, 0.5) is 0 Å². The summed E-state index contributed by atoms with van der Waals surface area (Å²) in [5.41, 5.74) is 7.15. The highest BCUT2D eigenvalue weighted by molar-refractivity contribution is 5.47. The Kier molecular flexibility index (Phi) is 15.0. The normalized spacial score (nSPS) is 13.1. The van der Waals surface area contributed by atoms with E-state index in [9.17, 15) is 10.2 Å². The zero-order valence-electron chi connectivity index (χ0n) is 29.1. The van der Waals surface area contributed by atoms with E-state index in [2.05, 4.69) is 74.4 Å². The van der Waals surface area contributed by atoms with Crippen molar-refractivity contribution in [2.45, 2.75) is 182 Å². The quantitative estimate of drug-likeness (QED) is 0.173. The summed E-state index contributed by atoms with van der Waals surface area (Å²) in [6.45, 7) is 19.7. The van der Waals surface area contributed by atoms with Gasteiger partial charge in [0.1, 0.15) is 11.5 Å². The minimum absolute atomic E-state index is 0.0732. The zero-order chi connectivity index (χ0) is 31.3.